The smallest absolute Gasteiger partial charge is 0.240 e. The van der Waals surface area contributed by atoms with Crippen molar-refractivity contribution in [2.45, 2.75) is 12.1 Å². The molecule has 3 heterocycles. The number of benzene rings is 3. The number of ether oxygens (including phenoxy) is 1. The maximum Gasteiger partial charge on any atom is 0.240 e. The van der Waals surface area contributed by atoms with Crippen LogP contribution in [0.2, 0.25) is 0 Å². The molecule has 3 aliphatic heterocycles. The fraction of sp³-hybridized carbons (Fsp3) is 0.179. The van der Waals surface area contributed by atoms with Gasteiger partial charge in [-0.15, -0.1) is 0 Å². The average molecular weight is 468 g/mol. The highest BCUT2D eigenvalue weighted by Crippen LogP contribution is 2.53. The van der Waals surface area contributed by atoms with Crippen LogP contribution >= 0.6 is 0 Å². The number of para-hydroxylation sites is 1. The van der Waals surface area contributed by atoms with Gasteiger partial charge in [0.25, 0.3) is 0 Å². The van der Waals surface area contributed by atoms with E-state index in [2.05, 4.69) is 0 Å². The molecular weight excluding hydrogens is 447 g/mol. The lowest BCUT2D eigenvalue weighted by molar-refractivity contribution is -0.123. The number of rotatable bonds is 4. The van der Waals surface area contributed by atoms with E-state index in [4.69, 9.17) is 4.74 Å². The molecular formula is C28H21FN2O4. The average Bonchev–Trinajstić information content (AvgIpc) is 3.36. The van der Waals surface area contributed by atoms with Crippen molar-refractivity contribution in [3.63, 3.8) is 0 Å². The number of methoxy groups -OCH3 is 1. The van der Waals surface area contributed by atoms with Gasteiger partial charge in [-0.25, -0.2) is 9.29 Å². The molecule has 6 rings (SSSR count). The molecule has 35 heavy (non-hydrogen) atoms. The summed E-state index contributed by atoms with van der Waals surface area (Å²) in [5.74, 6) is -3.14. The number of ketones is 1. The molecule has 0 saturated carbocycles. The minimum absolute atomic E-state index is 0.0845. The van der Waals surface area contributed by atoms with E-state index in [1.165, 1.54) is 18.2 Å². The first-order chi connectivity index (χ1) is 17.0. The molecule has 3 aromatic carbocycles. The van der Waals surface area contributed by atoms with Crippen molar-refractivity contribution < 1.29 is 23.5 Å². The minimum Gasteiger partial charge on any atom is -0.497 e. The van der Waals surface area contributed by atoms with Crippen molar-refractivity contribution in [3.8, 4) is 5.75 Å². The normalized spacial score (nSPS) is 24.3. The van der Waals surface area contributed by atoms with E-state index >= 15 is 0 Å². The second-order valence-corrected chi connectivity index (χ2v) is 8.89. The Hall–Kier alpha value is -4.26. The minimum atomic E-state index is -0.947. The topological polar surface area (TPSA) is 66.9 Å². The second kappa shape index (κ2) is 7.91. The fourth-order valence-electron chi connectivity index (χ4n) is 5.65. The van der Waals surface area contributed by atoms with Crippen LogP contribution in [-0.4, -0.2) is 35.6 Å². The van der Waals surface area contributed by atoms with Crippen LogP contribution < -0.4 is 9.64 Å². The van der Waals surface area contributed by atoms with E-state index in [1.807, 2.05) is 35.2 Å². The second-order valence-electron chi connectivity index (χ2n) is 8.89. The van der Waals surface area contributed by atoms with Crippen LogP contribution in [0.4, 0.5) is 10.1 Å². The number of carbonyl (C=O) groups is 3. The quantitative estimate of drug-likeness (QED) is 0.424. The van der Waals surface area contributed by atoms with Gasteiger partial charge in [-0.1, -0.05) is 36.4 Å². The SMILES string of the molecule is COc1ccc(C(=O)[C@@H]2[C@@H]3C(=O)N(c4ccccc4F)C(=O)[C@@H]3[C@H]3c4ccccc4C=CN23)cc1. The Morgan fingerprint density at radius 3 is 2.31 bits per heavy atom. The van der Waals surface area contributed by atoms with Crippen molar-refractivity contribution in [1.82, 2.24) is 4.90 Å². The Bertz CT molecular complexity index is 1400. The first kappa shape index (κ1) is 21.3. The Balaban J connectivity index is 1.49. The summed E-state index contributed by atoms with van der Waals surface area (Å²) in [7, 11) is 1.54. The molecule has 174 valence electrons. The molecule has 0 unspecified atom stereocenters. The van der Waals surface area contributed by atoms with Crippen LogP contribution in [0.3, 0.4) is 0 Å². The van der Waals surface area contributed by atoms with E-state index < -0.39 is 41.6 Å². The summed E-state index contributed by atoms with van der Waals surface area (Å²) < 4.78 is 19.9. The summed E-state index contributed by atoms with van der Waals surface area (Å²) in [5.41, 5.74) is 2.12. The number of imide groups is 1. The predicted molar refractivity (Wildman–Crippen MR) is 127 cm³/mol. The molecule has 0 radical (unpaired) electrons. The number of fused-ring (bicyclic) bond motifs is 5. The van der Waals surface area contributed by atoms with Gasteiger partial charge in [0.1, 0.15) is 17.6 Å². The lowest BCUT2D eigenvalue weighted by atomic mass is 9.83. The number of hydrogen-bond donors (Lipinski definition) is 0. The lowest BCUT2D eigenvalue weighted by Crippen LogP contribution is -2.44. The zero-order valence-corrected chi connectivity index (χ0v) is 18.8. The molecule has 7 heteroatoms. The Kier molecular flexibility index (Phi) is 4.81. The van der Waals surface area contributed by atoms with E-state index in [0.717, 1.165) is 16.0 Å². The molecule has 0 aliphatic carbocycles. The van der Waals surface area contributed by atoms with E-state index in [0.29, 0.717) is 11.3 Å². The van der Waals surface area contributed by atoms with Crippen LogP contribution in [0.15, 0.2) is 79.0 Å². The fourth-order valence-corrected chi connectivity index (χ4v) is 5.65. The molecule has 0 N–H and O–H groups in total. The van der Waals surface area contributed by atoms with E-state index in [1.54, 1.807) is 43.6 Å². The molecule has 4 atom stereocenters. The molecule has 0 spiro atoms. The van der Waals surface area contributed by atoms with Gasteiger partial charge in [-0.2, -0.15) is 0 Å². The molecule has 3 aromatic rings. The third kappa shape index (κ3) is 3.04. The van der Waals surface area contributed by atoms with Crippen molar-refractivity contribution in [3.05, 3.63) is 102 Å². The standard InChI is InChI=1S/C28H21FN2O4/c1-35-18-12-10-17(11-13-18)26(32)25-23-22(24-19-7-3-2-6-16(19)14-15-30(24)25)27(33)31(28(23)34)21-9-5-4-8-20(21)29/h2-15,22-25H,1H3/t22-,23+,24+,25-/m0/s1. The molecule has 2 amide bonds. The summed E-state index contributed by atoms with van der Waals surface area (Å²) >= 11 is 0. The third-order valence-electron chi connectivity index (χ3n) is 7.20. The summed E-state index contributed by atoms with van der Waals surface area (Å²) in [4.78, 5) is 44.1. The number of amides is 2. The zero-order chi connectivity index (χ0) is 24.3. The van der Waals surface area contributed by atoms with Gasteiger partial charge in [-0.05, 0) is 53.6 Å². The summed E-state index contributed by atoms with van der Waals surface area (Å²) in [6.45, 7) is 0. The van der Waals surface area contributed by atoms with Crippen LogP contribution in [0.5, 0.6) is 5.75 Å². The van der Waals surface area contributed by atoms with Gasteiger partial charge in [-0.3, -0.25) is 14.4 Å². The number of nitrogens with zero attached hydrogens (tertiary/aromatic N) is 2. The first-order valence-corrected chi connectivity index (χ1v) is 11.4. The first-order valence-electron chi connectivity index (χ1n) is 11.4. The van der Waals surface area contributed by atoms with Crippen LogP contribution in [0.25, 0.3) is 6.08 Å². The maximum absolute atomic E-state index is 14.7. The summed E-state index contributed by atoms with van der Waals surface area (Å²) in [6, 6.07) is 18.6. The molecule has 2 saturated heterocycles. The monoisotopic (exact) mass is 468 g/mol. The molecule has 0 bridgehead atoms. The largest absolute Gasteiger partial charge is 0.497 e. The predicted octanol–water partition coefficient (Wildman–Crippen LogP) is 4.23. The summed E-state index contributed by atoms with van der Waals surface area (Å²) in [6.07, 6.45) is 3.69. The molecule has 6 nitrogen and oxygen atoms in total. The highest BCUT2D eigenvalue weighted by molar-refractivity contribution is 6.24. The maximum atomic E-state index is 14.7. The van der Waals surface area contributed by atoms with Crippen LogP contribution in [0.1, 0.15) is 27.5 Å². The van der Waals surface area contributed by atoms with Crippen LogP contribution in [0, 0.1) is 17.7 Å². The summed E-state index contributed by atoms with van der Waals surface area (Å²) in [5, 5.41) is 0. The molecule has 2 fully saturated rings. The number of anilines is 1. The number of carbonyl (C=O) groups excluding carboxylic acids is 3. The van der Waals surface area contributed by atoms with Crippen molar-refractivity contribution in [1.29, 1.82) is 0 Å². The van der Waals surface area contributed by atoms with Crippen LogP contribution in [-0.2, 0) is 9.59 Å². The van der Waals surface area contributed by atoms with Gasteiger partial charge < -0.3 is 9.64 Å². The Labute approximate surface area is 201 Å². The Morgan fingerprint density at radius 2 is 1.57 bits per heavy atom. The number of hydrogen-bond acceptors (Lipinski definition) is 5. The highest BCUT2D eigenvalue weighted by atomic mass is 19.1. The third-order valence-corrected chi connectivity index (χ3v) is 7.20. The molecule has 0 aromatic heterocycles. The number of halogens is 1. The number of Topliss-reactive ketones (excluding diaryl/α,β-unsaturated/α-hetero) is 1. The highest BCUT2D eigenvalue weighted by Gasteiger charge is 2.64. The van der Waals surface area contributed by atoms with Gasteiger partial charge in [0, 0.05) is 11.8 Å². The van der Waals surface area contributed by atoms with Gasteiger partial charge >= 0.3 is 0 Å². The van der Waals surface area contributed by atoms with E-state index in [9.17, 15) is 18.8 Å². The van der Waals surface area contributed by atoms with Crippen molar-refractivity contribution >= 4 is 29.4 Å². The van der Waals surface area contributed by atoms with E-state index in [-0.39, 0.29) is 11.5 Å². The van der Waals surface area contributed by atoms with Crippen molar-refractivity contribution in [2.75, 3.05) is 12.0 Å². The molecule has 3 aliphatic rings. The van der Waals surface area contributed by atoms with Gasteiger partial charge in [0.2, 0.25) is 11.8 Å². The zero-order valence-electron chi connectivity index (χ0n) is 18.8. The Morgan fingerprint density at radius 1 is 0.886 bits per heavy atom. The van der Waals surface area contributed by atoms with Gasteiger partial charge in [0.15, 0.2) is 5.78 Å². The lowest BCUT2D eigenvalue weighted by Gasteiger charge is -2.35. The van der Waals surface area contributed by atoms with Crippen molar-refractivity contribution in [2.24, 2.45) is 11.8 Å². The van der Waals surface area contributed by atoms with Gasteiger partial charge in [0.05, 0.1) is 30.7 Å².